The Morgan fingerprint density at radius 1 is 1.50 bits per heavy atom. The summed E-state index contributed by atoms with van der Waals surface area (Å²) in [6, 6.07) is 1.93. The quantitative estimate of drug-likeness (QED) is 0.747. The van der Waals surface area contributed by atoms with Gasteiger partial charge in [-0.15, -0.1) is 0 Å². The topological polar surface area (TPSA) is 63.2 Å². The second-order valence-electron chi connectivity index (χ2n) is 4.52. The molecule has 0 aromatic carbocycles. The third kappa shape index (κ3) is 3.35. The molecule has 1 aromatic heterocycles. The molecule has 0 radical (unpaired) electrons. The lowest BCUT2D eigenvalue weighted by Gasteiger charge is -2.11. The van der Waals surface area contributed by atoms with Gasteiger partial charge in [0.05, 0.1) is 19.0 Å². The van der Waals surface area contributed by atoms with E-state index in [1.165, 1.54) is 0 Å². The van der Waals surface area contributed by atoms with Crippen LogP contribution < -0.4 is 15.4 Å². The van der Waals surface area contributed by atoms with Crippen molar-refractivity contribution in [1.82, 2.24) is 10.3 Å². The number of amides is 1. The average molecular weight is 249 g/mol. The first-order valence-corrected chi connectivity index (χ1v) is 6.23. The highest BCUT2D eigenvalue weighted by Gasteiger charge is 2.28. The number of aryl methyl sites for hydroxylation is 1. The van der Waals surface area contributed by atoms with Gasteiger partial charge in [0.25, 0.3) is 0 Å². The summed E-state index contributed by atoms with van der Waals surface area (Å²) in [5, 5.41) is 6.15. The highest BCUT2D eigenvalue weighted by molar-refractivity contribution is 5.80. The molecule has 0 spiro atoms. The number of aromatic nitrogens is 1. The zero-order valence-electron chi connectivity index (χ0n) is 10.8. The normalized spacial score (nSPS) is 14.1. The molecule has 1 fully saturated rings. The number of nitrogens with one attached hydrogen (secondary N) is 2. The van der Waals surface area contributed by atoms with Gasteiger partial charge in [0.1, 0.15) is 0 Å². The van der Waals surface area contributed by atoms with Gasteiger partial charge in [0.2, 0.25) is 5.91 Å². The van der Waals surface area contributed by atoms with Gasteiger partial charge in [-0.2, -0.15) is 0 Å². The zero-order chi connectivity index (χ0) is 13.0. The van der Waals surface area contributed by atoms with Crippen LogP contribution in [0.1, 0.15) is 18.5 Å². The van der Waals surface area contributed by atoms with E-state index in [2.05, 4.69) is 15.6 Å². The van der Waals surface area contributed by atoms with E-state index >= 15 is 0 Å². The molecular formula is C13H19N3O2. The molecule has 2 N–H and O–H groups in total. The van der Waals surface area contributed by atoms with Crippen LogP contribution in [0.4, 0.5) is 5.69 Å². The molecule has 1 aliphatic rings. The largest absolute Gasteiger partial charge is 0.493 e. The van der Waals surface area contributed by atoms with Crippen LogP contribution in [0.25, 0.3) is 0 Å². The fourth-order valence-corrected chi connectivity index (χ4v) is 1.72. The zero-order valence-corrected chi connectivity index (χ0v) is 10.8. The van der Waals surface area contributed by atoms with Crippen LogP contribution in [0.5, 0.6) is 5.75 Å². The van der Waals surface area contributed by atoms with Crippen molar-refractivity contribution in [3.63, 3.8) is 0 Å². The standard InChI is InChI=1S/C13H19N3O2/c1-9-7-11(12(18-2)8-16-9)14-5-6-15-13(17)10-3-4-10/h7-8,10H,3-6H2,1-2H3,(H,14,16)(H,15,17). The third-order valence-electron chi connectivity index (χ3n) is 2.91. The Morgan fingerprint density at radius 2 is 2.28 bits per heavy atom. The van der Waals surface area contributed by atoms with Crippen LogP contribution >= 0.6 is 0 Å². The second-order valence-corrected chi connectivity index (χ2v) is 4.52. The van der Waals surface area contributed by atoms with E-state index in [-0.39, 0.29) is 11.8 Å². The molecule has 1 amide bonds. The number of carbonyl (C=O) groups excluding carboxylic acids is 1. The number of ether oxygens (including phenoxy) is 1. The van der Waals surface area contributed by atoms with Gasteiger partial charge in [-0.25, -0.2) is 0 Å². The fourth-order valence-electron chi connectivity index (χ4n) is 1.72. The first-order valence-electron chi connectivity index (χ1n) is 6.23. The molecule has 1 heterocycles. The molecule has 5 heteroatoms. The van der Waals surface area contributed by atoms with E-state index in [0.717, 1.165) is 24.2 Å². The predicted octanol–water partition coefficient (Wildman–Crippen LogP) is 1.34. The summed E-state index contributed by atoms with van der Waals surface area (Å²) >= 11 is 0. The Hall–Kier alpha value is -1.78. The minimum Gasteiger partial charge on any atom is -0.493 e. The van der Waals surface area contributed by atoms with Gasteiger partial charge in [-0.1, -0.05) is 0 Å². The number of hydrogen-bond acceptors (Lipinski definition) is 4. The molecule has 1 aromatic rings. The Kier molecular flexibility index (Phi) is 4.02. The third-order valence-corrected chi connectivity index (χ3v) is 2.91. The SMILES string of the molecule is COc1cnc(C)cc1NCCNC(=O)C1CC1. The molecule has 1 saturated carbocycles. The molecule has 18 heavy (non-hydrogen) atoms. The van der Waals surface area contributed by atoms with Crippen LogP contribution in [-0.4, -0.2) is 31.1 Å². The van der Waals surface area contributed by atoms with Crippen LogP contribution in [0.3, 0.4) is 0 Å². The maximum atomic E-state index is 11.4. The number of rotatable bonds is 6. The van der Waals surface area contributed by atoms with Crippen LogP contribution in [0, 0.1) is 12.8 Å². The summed E-state index contributed by atoms with van der Waals surface area (Å²) in [5.41, 5.74) is 1.84. The van der Waals surface area contributed by atoms with E-state index in [0.29, 0.717) is 18.8 Å². The number of anilines is 1. The van der Waals surface area contributed by atoms with Crippen molar-refractivity contribution in [1.29, 1.82) is 0 Å². The lowest BCUT2D eigenvalue weighted by molar-refractivity contribution is -0.122. The second kappa shape index (κ2) is 5.71. The summed E-state index contributed by atoms with van der Waals surface area (Å²) in [6.45, 7) is 3.23. The van der Waals surface area contributed by atoms with E-state index < -0.39 is 0 Å². The Bertz CT molecular complexity index is 430. The van der Waals surface area contributed by atoms with Gasteiger partial charge in [-0.05, 0) is 25.8 Å². The summed E-state index contributed by atoms with van der Waals surface area (Å²) < 4.78 is 5.21. The van der Waals surface area contributed by atoms with Gasteiger partial charge >= 0.3 is 0 Å². The van der Waals surface area contributed by atoms with Gasteiger partial charge < -0.3 is 15.4 Å². The number of methoxy groups -OCH3 is 1. The number of nitrogens with zero attached hydrogens (tertiary/aromatic N) is 1. The lowest BCUT2D eigenvalue weighted by Crippen LogP contribution is -2.29. The smallest absolute Gasteiger partial charge is 0.223 e. The molecule has 0 aliphatic heterocycles. The van der Waals surface area contributed by atoms with Crippen molar-refractivity contribution in [2.45, 2.75) is 19.8 Å². The van der Waals surface area contributed by atoms with Crippen LogP contribution in [0.2, 0.25) is 0 Å². The Morgan fingerprint density at radius 3 is 2.94 bits per heavy atom. The summed E-state index contributed by atoms with van der Waals surface area (Å²) in [6.07, 6.45) is 3.77. The van der Waals surface area contributed by atoms with Crippen molar-refractivity contribution in [3.05, 3.63) is 18.0 Å². The monoisotopic (exact) mass is 249 g/mol. The first-order chi connectivity index (χ1) is 8.70. The average Bonchev–Trinajstić information content (AvgIpc) is 3.19. The minimum atomic E-state index is 0.176. The molecule has 0 saturated heterocycles. The van der Waals surface area contributed by atoms with Crippen LogP contribution in [0.15, 0.2) is 12.3 Å². The predicted molar refractivity (Wildman–Crippen MR) is 69.7 cm³/mol. The van der Waals surface area contributed by atoms with Crippen molar-refractivity contribution in [2.24, 2.45) is 5.92 Å². The van der Waals surface area contributed by atoms with Crippen molar-refractivity contribution in [2.75, 3.05) is 25.5 Å². The number of carbonyl (C=O) groups is 1. The summed E-state index contributed by atoms with van der Waals surface area (Å²) in [4.78, 5) is 15.6. The van der Waals surface area contributed by atoms with Gasteiger partial charge in [0, 0.05) is 24.7 Å². The Balaban J connectivity index is 1.78. The molecule has 0 atom stereocenters. The first kappa shape index (κ1) is 12.7. The van der Waals surface area contributed by atoms with Gasteiger partial charge in [0.15, 0.2) is 5.75 Å². The molecular weight excluding hydrogens is 230 g/mol. The number of pyridine rings is 1. The van der Waals surface area contributed by atoms with Crippen molar-refractivity contribution < 1.29 is 9.53 Å². The molecule has 98 valence electrons. The van der Waals surface area contributed by atoms with Crippen LogP contribution in [-0.2, 0) is 4.79 Å². The van der Waals surface area contributed by atoms with E-state index in [1.807, 2.05) is 13.0 Å². The molecule has 2 rings (SSSR count). The molecule has 0 unspecified atom stereocenters. The fraction of sp³-hybridized carbons (Fsp3) is 0.538. The minimum absolute atomic E-state index is 0.176. The van der Waals surface area contributed by atoms with Gasteiger partial charge in [-0.3, -0.25) is 9.78 Å². The molecule has 5 nitrogen and oxygen atoms in total. The summed E-state index contributed by atoms with van der Waals surface area (Å²) in [7, 11) is 1.62. The van der Waals surface area contributed by atoms with E-state index in [9.17, 15) is 4.79 Å². The maximum absolute atomic E-state index is 11.4. The molecule has 1 aliphatic carbocycles. The molecule has 0 bridgehead atoms. The highest BCUT2D eigenvalue weighted by atomic mass is 16.5. The maximum Gasteiger partial charge on any atom is 0.223 e. The lowest BCUT2D eigenvalue weighted by atomic mass is 10.3. The number of hydrogen-bond donors (Lipinski definition) is 2. The van der Waals surface area contributed by atoms with Crippen molar-refractivity contribution in [3.8, 4) is 5.75 Å². The van der Waals surface area contributed by atoms with Crippen molar-refractivity contribution >= 4 is 11.6 Å². The Labute approximate surface area is 107 Å². The highest BCUT2D eigenvalue weighted by Crippen LogP contribution is 2.28. The van der Waals surface area contributed by atoms with E-state index in [4.69, 9.17) is 4.74 Å². The summed E-state index contributed by atoms with van der Waals surface area (Å²) in [5.74, 6) is 1.16. The van der Waals surface area contributed by atoms with E-state index in [1.54, 1.807) is 13.3 Å².